The molecule has 1 amide bonds. The fraction of sp³-hybridized carbons (Fsp3) is 0.360. The normalized spacial score (nSPS) is 21.2. The van der Waals surface area contributed by atoms with E-state index in [9.17, 15) is 19.8 Å². The van der Waals surface area contributed by atoms with E-state index in [0.29, 0.717) is 12.2 Å². The number of methoxy groups -OCH3 is 3. The van der Waals surface area contributed by atoms with Crippen molar-refractivity contribution in [2.45, 2.75) is 25.0 Å². The molecule has 0 spiro atoms. The van der Waals surface area contributed by atoms with E-state index in [1.807, 2.05) is 0 Å². The molecule has 2 aromatic carbocycles. The van der Waals surface area contributed by atoms with Crippen molar-refractivity contribution in [1.29, 1.82) is 0 Å². The SMILES string of the molecule is COc1ccc(C2/C(=C(\O)c3cc(Cl)c(OC)c(Cl)c3OC)C(=O)C(=O)N2CC2CCCO2)cc1O. The number of carbonyl (C=O) groups is 2. The molecule has 2 N–H and O–H groups in total. The van der Waals surface area contributed by atoms with E-state index in [1.165, 1.54) is 44.4 Å². The Hall–Kier alpha value is -3.14. The maximum Gasteiger partial charge on any atom is 0.295 e. The fourth-order valence-electron chi connectivity index (χ4n) is 4.59. The van der Waals surface area contributed by atoms with E-state index in [-0.39, 0.29) is 56.8 Å². The van der Waals surface area contributed by atoms with E-state index >= 15 is 0 Å². The van der Waals surface area contributed by atoms with Crippen LogP contribution in [0.5, 0.6) is 23.0 Å². The van der Waals surface area contributed by atoms with Crippen LogP contribution in [-0.4, -0.2) is 67.4 Å². The van der Waals surface area contributed by atoms with Gasteiger partial charge in [0.25, 0.3) is 11.7 Å². The highest BCUT2D eigenvalue weighted by Gasteiger charge is 2.47. The topological polar surface area (TPSA) is 115 Å². The minimum Gasteiger partial charge on any atom is -0.507 e. The molecule has 2 aliphatic heterocycles. The Balaban J connectivity index is 1.93. The van der Waals surface area contributed by atoms with E-state index in [2.05, 4.69) is 0 Å². The molecular formula is C25H25Cl2NO8. The molecule has 0 aromatic heterocycles. The van der Waals surface area contributed by atoms with Crippen molar-refractivity contribution in [3.8, 4) is 23.0 Å². The smallest absolute Gasteiger partial charge is 0.295 e. The second kappa shape index (κ2) is 10.5. The number of aliphatic hydroxyl groups is 1. The highest BCUT2D eigenvalue weighted by molar-refractivity contribution is 6.47. The average Bonchev–Trinajstić information content (AvgIpc) is 3.46. The van der Waals surface area contributed by atoms with Gasteiger partial charge >= 0.3 is 0 Å². The van der Waals surface area contributed by atoms with E-state index in [1.54, 1.807) is 6.07 Å². The molecule has 2 unspecified atom stereocenters. The molecule has 9 nitrogen and oxygen atoms in total. The Bertz CT molecular complexity index is 1240. The predicted octanol–water partition coefficient (Wildman–Crippen LogP) is 4.33. The number of aliphatic hydroxyl groups excluding tert-OH is 1. The zero-order valence-corrected chi connectivity index (χ0v) is 21.4. The first kappa shape index (κ1) is 25.9. The first-order valence-corrected chi connectivity index (χ1v) is 11.9. The van der Waals surface area contributed by atoms with Gasteiger partial charge in [-0.1, -0.05) is 29.3 Å². The second-order valence-electron chi connectivity index (χ2n) is 8.30. The zero-order chi connectivity index (χ0) is 26.1. The van der Waals surface area contributed by atoms with E-state index < -0.39 is 23.5 Å². The number of ketones is 1. The van der Waals surface area contributed by atoms with Crippen LogP contribution in [0.25, 0.3) is 5.76 Å². The van der Waals surface area contributed by atoms with Gasteiger partial charge in [-0.25, -0.2) is 0 Å². The number of amides is 1. The van der Waals surface area contributed by atoms with Gasteiger partial charge < -0.3 is 34.1 Å². The summed E-state index contributed by atoms with van der Waals surface area (Å²) in [7, 11) is 4.11. The molecule has 0 saturated carbocycles. The van der Waals surface area contributed by atoms with Gasteiger partial charge in [0.1, 0.15) is 10.8 Å². The van der Waals surface area contributed by atoms with Crippen LogP contribution in [0.4, 0.5) is 0 Å². The lowest BCUT2D eigenvalue weighted by Gasteiger charge is -2.28. The minimum absolute atomic E-state index is 0.00569. The number of ether oxygens (including phenoxy) is 4. The Labute approximate surface area is 217 Å². The number of rotatable bonds is 7. The lowest BCUT2D eigenvalue weighted by molar-refractivity contribution is -0.140. The summed E-state index contributed by atoms with van der Waals surface area (Å²) in [6.07, 6.45) is 1.29. The van der Waals surface area contributed by atoms with Crippen LogP contribution in [0, 0.1) is 0 Å². The molecule has 11 heteroatoms. The lowest BCUT2D eigenvalue weighted by Crippen LogP contribution is -2.36. The van der Waals surface area contributed by atoms with Crippen molar-refractivity contribution in [2.75, 3.05) is 34.5 Å². The lowest BCUT2D eigenvalue weighted by atomic mass is 9.94. The van der Waals surface area contributed by atoms with Gasteiger partial charge in [-0.15, -0.1) is 0 Å². The van der Waals surface area contributed by atoms with Crippen LogP contribution in [0.15, 0.2) is 29.8 Å². The molecule has 0 aliphatic carbocycles. The number of aromatic hydroxyl groups is 1. The van der Waals surface area contributed by atoms with Gasteiger partial charge in [0, 0.05) is 13.2 Å². The number of phenols is 1. The number of Topliss-reactive ketones (excluding diaryl/α,β-unsaturated/α-hetero) is 1. The van der Waals surface area contributed by atoms with E-state index in [4.69, 9.17) is 42.1 Å². The summed E-state index contributed by atoms with van der Waals surface area (Å²) >= 11 is 12.7. The number of hydrogen-bond donors (Lipinski definition) is 2. The average molecular weight is 538 g/mol. The summed E-state index contributed by atoms with van der Waals surface area (Å²) in [6, 6.07) is 4.82. The third kappa shape index (κ3) is 4.42. The maximum absolute atomic E-state index is 13.3. The van der Waals surface area contributed by atoms with Crippen molar-refractivity contribution < 1.29 is 38.7 Å². The molecule has 0 bridgehead atoms. The number of phenolic OH excluding ortho intramolecular Hbond substituents is 1. The van der Waals surface area contributed by atoms with Crippen molar-refractivity contribution in [2.24, 2.45) is 0 Å². The van der Waals surface area contributed by atoms with Gasteiger partial charge in [0.15, 0.2) is 23.0 Å². The summed E-state index contributed by atoms with van der Waals surface area (Å²) in [5, 5.41) is 21.9. The second-order valence-corrected chi connectivity index (χ2v) is 9.09. The molecule has 36 heavy (non-hydrogen) atoms. The Morgan fingerprint density at radius 2 is 1.83 bits per heavy atom. The van der Waals surface area contributed by atoms with Gasteiger partial charge in [-0.2, -0.15) is 0 Å². The van der Waals surface area contributed by atoms with Crippen LogP contribution in [0.3, 0.4) is 0 Å². The number of halogens is 2. The van der Waals surface area contributed by atoms with Crippen molar-refractivity contribution in [3.05, 3.63) is 51.0 Å². The third-order valence-corrected chi connectivity index (χ3v) is 6.90. The van der Waals surface area contributed by atoms with Crippen molar-refractivity contribution >= 4 is 40.7 Å². The zero-order valence-electron chi connectivity index (χ0n) is 19.8. The molecule has 2 aliphatic rings. The third-order valence-electron chi connectivity index (χ3n) is 6.28. The van der Waals surface area contributed by atoms with Crippen LogP contribution in [0.1, 0.15) is 30.0 Å². The van der Waals surface area contributed by atoms with Crippen molar-refractivity contribution in [1.82, 2.24) is 4.90 Å². The molecule has 2 saturated heterocycles. The molecule has 2 atom stereocenters. The molecule has 0 radical (unpaired) electrons. The van der Waals surface area contributed by atoms with Crippen molar-refractivity contribution in [3.63, 3.8) is 0 Å². The Morgan fingerprint density at radius 1 is 1.11 bits per heavy atom. The molecule has 2 aromatic rings. The van der Waals surface area contributed by atoms with Crippen LogP contribution >= 0.6 is 23.2 Å². The fourth-order valence-corrected chi connectivity index (χ4v) is 5.28. The van der Waals surface area contributed by atoms with Gasteiger partial charge in [-0.05, 0) is 36.6 Å². The Kier molecular flexibility index (Phi) is 7.54. The summed E-state index contributed by atoms with van der Waals surface area (Å²) in [4.78, 5) is 27.9. The largest absolute Gasteiger partial charge is 0.507 e. The highest BCUT2D eigenvalue weighted by atomic mass is 35.5. The summed E-state index contributed by atoms with van der Waals surface area (Å²) in [5.41, 5.74) is 0.182. The molecule has 2 heterocycles. The number of carbonyl (C=O) groups excluding carboxylic acids is 2. The molecular weight excluding hydrogens is 513 g/mol. The van der Waals surface area contributed by atoms with Crippen LogP contribution < -0.4 is 14.2 Å². The van der Waals surface area contributed by atoms with Crippen LogP contribution in [-0.2, 0) is 14.3 Å². The van der Waals surface area contributed by atoms with Gasteiger partial charge in [0.2, 0.25) is 0 Å². The standard InChI is InChI=1S/C25H25Cl2NO8/c1-33-17-7-6-12(9-16(17)29)20-18(22(31)25(32)28(20)11-13-5-4-8-36-13)21(30)14-10-15(26)24(35-3)19(27)23(14)34-2/h6-7,9-10,13,20,29-30H,4-5,8,11H2,1-3H3/b21-18+. The highest BCUT2D eigenvalue weighted by Crippen LogP contribution is 2.48. The summed E-state index contributed by atoms with van der Waals surface area (Å²) in [5.74, 6) is -2.09. The monoisotopic (exact) mass is 537 g/mol. The molecule has 192 valence electrons. The summed E-state index contributed by atoms with van der Waals surface area (Å²) < 4.78 is 21.4. The first-order valence-electron chi connectivity index (χ1n) is 11.1. The molecule has 2 fully saturated rings. The number of benzene rings is 2. The Morgan fingerprint density at radius 3 is 2.42 bits per heavy atom. The first-order chi connectivity index (χ1) is 17.2. The minimum atomic E-state index is -1.03. The number of nitrogens with zero attached hydrogens (tertiary/aromatic N) is 1. The van der Waals surface area contributed by atoms with E-state index in [0.717, 1.165) is 12.8 Å². The van der Waals surface area contributed by atoms with Gasteiger partial charge in [0.05, 0.1) is 49.6 Å². The summed E-state index contributed by atoms with van der Waals surface area (Å²) in [6.45, 7) is 0.683. The van der Waals surface area contributed by atoms with Gasteiger partial charge in [-0.3, -0.25) is 9.59 Å². The maximum atomic E-state index is 13.3. The number of hydrogen-bond acceptors (Lipinski definition) is 8. The number of likely N-dealkylation sites (tertiary alicyclic amines) is 1. The predicted molar refractivity (Wildman–Crippen MR) is 132 cm³/mol. The molecule has 4 rings (SSSR count). The quantitative estimate of drug-likeness (QED) is 0.304. The van der Waals surface area contributed by atoms with Crippen LogP contribution in [0.2, 0.25) is 10.0 Å².